The number of carbonyl (C=O) groups is 1. The first kappa shape index (κ1) is 11.2. The van der Waals surface area contributed by atoms with Crippen LogP contribution < -0.4 is 0 Å². The highest BCUT2D eigenvalue weighted by molar-refractivity contribution is 5.73. The first-order valence-corrected chi connectivity index (χ1v) is 4.17. The molecule has 3 nitrogen and oxygen atoms in total. The fourth-order valence-electron chi connectivity index (χ4n) is 1.07. The van der Waals surface area contributed by atoms with Gasteiger partial charge in [0.1, 0.15) is 6.04 Å². The zero-order chi connectivity index (χ0) is 9.56. The monoisotopic (exact) mass is 171 g/mol. The van der Waals surface area contributed by atoms with Crippen LogP contribution in [0.25, 0.3) is 0 Å². The van der Waals surface area contributed by atoms with Crippen LogP contribution in [0.15, 0.2) is 12.2 Å². The molecule has 70 valence electrons. The maximum absolute atomic E-state index is 10.7. The molecule has 0 aromatic rings. The van der Waals surface area contributed by atoms with Crippen LogP contribution in [-0.4, -0.2) is 35.6 Å². The maximum Gasteiger partial charge on any atom is 0.320 e. The van der Waals surface area contributed by atoms with Crippen molar-refractivity contribution in [1.82, 2.24) is 4.90 Å². The Morgan fingerprint density at radius 1 is 1.67 bits per heavy atom. The molecule has 0 aromatic heterocycles. The minimum atomic E-state index is -0.746. The van der Waals surface area contributed by atoms with Gasteiger partial charge >= 0.3 is 5.97 Å². The second-order valence-electron chi connectivity index (χ2n) is 2.77. The molecule has 0 amide bonds. The normalized spacial score (nSPS) is 14.0. The molecule has 1 unspecified atom stereocenters. The molecule has 0 spiro atoms. The number of rotatable bonds is 5. The molecule has 1 atom stereocenters. The predicted octanol–water partition coefficient (Wildman–Crippen LogP) is 1.36. The molecule has 0 heterocycles. The zero-order valence-corrected chi connectivity index (χ0v) is 7.95. The summed E-state index contributed by atoms with van der Waals surface area (Å²) < 4.78 is 0. The van der Waals surface area contributed by atoms with Crippen molar-refractivity contribution in [2.24, 2.45) is 0 Å². The van der Waals surface area contributed by atoms with E-state index in [0.29, 0.717) is 13.0 Å². The van der Waals surface area contributed by atoms with Crippen molar-refractivity contribution in [3.63, 3.8) is 0 Å². The lowest BCUT2D eigenvalue weighted by molar-refractivity contribution is -0.142. The van der Waals surface area contributed by atoms with E-state index in [4.69, 9.17) is 5.11 Å². The predicted molar refractivity (Wildman–Crippen MR) is 49.2 cm³/mol. The number of hydrogen-bond acceptors (Lipinski definition) is 2. The summed E-state index contributed by atoms with van der Waals surface area (Å²) in [7, 11) is 1.82. The standard InChI is InChI=1S/C9H17NO2/c1-4-6-7-10(3)8(5-2)9(11)12/h4,6,8H,5,7H2,1-3H3,(H,11,12). The Kier molecular flexibility index (Phi) is 5.37. The smallest absolute Gasteiger partial charge is 0.320 e. The molecule has 0 aliphatic carbocycles. The Morgan fingerprint density at radius 2 is 2.25 bits per heavy atom. The van der Waals surface area contributed by atoms with Crippen molar-refractivity contribution in [1.29, 1.82) is 0 Å². The van der Waals surface area contributed by atoms with Gasteiger partial charge in [-0.15, -0.1) is 0 Å². The Morgan fingerprint density at radius 3 is 2.58 bits per heavy atom. The summed E-state index contributed by atoms with van der Waals surface area (Å²) in [6.45, 7) is 4.50. The molecular weight excluding hydrogens is 154 g/mol. The van der Waals surface area contributed by atoms with Crippen molar-refractivity contribution in [3.8, 4) is 0 Å². The van der Waals surface area contributed by atoms with Gasteiger partial charge in [-0.25, -0.2) is 0 Å². The first-order valence-electron chi connectivity index (χ1n) is 4.17. The number of hydrogen-bond donors (Lipinski definition) is 1. The summed E-state index contributed by atoms with van der Waals surface area (Å²) in [5, 5.41) is 8.78. The highest BCUT2D eigenvalue weighted by Crippen LogP contribution is 2.01. The van der Waals surface area contributed by atoms with E-state index in [2.05, 4.69) is 0 Å². The highest BCUT2D eigenvalue weighted by atomic mass is 16.4. The van der Waals surface area contributed by atoms with Crippen molar-refractivity contribution in [2.45, 2.75) is 26.3 Å². The molecule has 0 fully saturated rings. The fourth-order valence-corrected chi connectivity index (χ4v) is 1.07. The van der Waals surface area contributed by atoms with E-state index in [0.717, 1.165) is 0 Å². The van der Waals surface area contributed by atoms with Crippen molar-refractivity contribution >= 4 is 5.97 Å². The van der Waals surface area contributed by atoms with Gasteiger partial charge < -0.3 is 5.11 Å². The van der Waals surface area contributed by atoms with Gasteiger partial charge in [0.15, 0.2) is 0 Å². The van der Waals surface area contributed by atoms with E-state index in [1.165, 1.54) is 0 Å². The Balaban J connectivity index is 4.02. The molecule has 0 aromatic carbocycles. The van der Waals surface area contributed by atoms with Gasteiger partial charge in [-0.3, -0.25) is 9.69 Å². The summed E-state index contributed by atoms with van der Waals surface area (Å²) in [6, 6.07) is -0.360. The lowest BCUT2D eigenvalue weighted by Gasteiger charge is -2.21. The van der Waals surface area contributed by atoms with E-state index in [1.807, 2.05) is 37.9 Å². The van der Waals surface area contributed by atoms with Crippen LogP contribution in [0.1, 0.15) is 20.3 Å². The third-order valence-electron chi connectivity index (χ3n) is 1.83. The van der Waals surface area contributed by atoms with Crippen molar-refractivity contribution in [2.75, 3.05) is 13.6 Å². The molecule has 0 radical (unpaired) electrons. The van der Waals surface area contributed by atoms with Gasteiger partial charge in [-0.1, -0.05) is 19.1 Å². The second kappa shape index (κ2) is 5.77. The van der Waals surface area contributed by atoms with Crippen molar-refractivity contribution < 1.29 is 9.90 Å². The third kappa shape index (κ3) is 3.53. The van der Waals surface area contributed by atoms with Crippen LogP contribution in [-0.2, 0) is 4.79 Å². The third-order valence-corrected chi connectivity index (χ3v) is 1.83. The Labute approximate surface area is 73.7 Å². The summed E-state index contributed by atoms with van der Waals surface area (Å²) >= 11 is 0. The molecule has 0 aliphatic heterocycles. The van der Waals surface area contributed by atoms with Crippen LogP contribution in [0.3, 0.4) is 0 Å². The number of carboxylic acids is 1. The van der Waals surface area contributed by atoms with Crippen LogP contribution in [0.5, 0.6) is 0 Å². The van der Waals surface area contributed by atoms with Gasteiger partial charge in [-0.2, -0.15) is 0 Å². The van der Waals surface area contributed by atoms with Crippen LogP contribution in [0.2, 0.25) is 0 Å². The summed E-state index contributed by atoms with van der Waals surface area (Å²) in [5.74, 6) is -0.746. The largest absolute Gasteiger partial charge is 0.480 e. The molecule has 3 heteroatoms. The first-order chi connectivity index (χ1) is 5.63. The maximum atomic E-state index is 10.7. The van der Waals surface area contributed by atoms with Crippen LogP contribution >= 0.6 is 0 Å². The van der Waals surface area contributed by atoms with Crippen LogP contribution in [0, 0.1) is 0 Å². The number of nitrogens with zero attached hydrogens (tertiary/aromatic N) is 1. The van der Waals surface area contributed by atoms with E-state index in [-0.39, 0.29) is 6.04 Å². The van der Waals surface area contributed by atoms with E-state index >= 15 is 0 Å². The molecule has 0 saturated heterocycles. The topological polar surface area (TPSA) is 40.5 Å². The Bertz CT molecular complexity index is 166. The van der Waals surface area contributed by atoms with Gasteiger partial charge in [-0.05, 0) is 20.4 Å². The molecule has 0 bridgehead atoms. The lowest BCUT2D eigenvalue weighted by atomic mass is 10.2. The van der Waals surface area contributed by atoms with Gasteiger partial charge in [0.05, 0.1) is 0 Å². The average Bonchev–Trinajstić information content (AvgIpc) is 2.01. The highest BCUT2D eigenvalue weighted by Gasteiger charge is 2.18. The van der Waals surface area contributed by atoms with E-state index < -0.39 is 5.97 Å². The van der Waals surface area contributed by atoms with Gasteiger partial charge in [0, 0.05) is 6.54 Å². The van der Waals surface area contributed by atoms with Gasteiger partial charge in [0.25, 0.3) is 0 Å². The van der Waals surface area contributed by atoms with Gasteiger partial charge in [0.2, 0.25) is 0 Å². The molecule has 0 aliphatic rings. The molecule has 0 rings (SSSR count). The zero-order valence-electron chi connectivity index (χ0n) is 7.95. The summed E-state index contributed by atoms with van der Waals surface area (Å²) in [5.41, 5.74) is 0. The average molecular weight is 171 g/mol. The van der Waals surface area contributed by atoms with Crippen LogP contribution in [0.4, 0.5) is 0 Å². The van der Waals surface area contributed by atoms with Crippen molar-refractivity contribution in [3.05, 3.63) is 12.2 Å². The lowest BCUT2D eigenvalue weighted by Crippen LogP contribution is -2.37. The minimum absolute atomic E-state index is 0.360. The van der Waals surface area contributed by atoms with E-state index in [1.54, 1.807) is 0 Å². The summed E-state index contributed by atoms with van der Waals surface area (Å²) in [6.07, 6.45) is 4.51. The number of allylic oxidation sites excluding steroid dienone is 1. The molecule has 0 saturated carbocycles. The molecule has 12 heavy (non-hydrogen) atoms. The SMILES string of the molecule is CC=CCN(C)C(CC)C(=O)O. The summed E-state index contributed by atoms with van der Waals surface area (Å²) in [4.78, 5) is 12.5. The number of carboxylic acid groups (broad SMARTS) is 1. The van der Waals surface area contributed by atoms with E-state index in [9.17, 15) is 4.79 Å². The quantitative estimate of drug-likeness (QED) is 0.635. The Hall–Kier alpha value is -0.830. The number of likely N-dealkylation sites (N-methyl/N-ethyl adjacent to an activating group) is 1. The molecule has 1 N–H and O–H groups in total. The molecular formula is C9H17NO2. The minimum Gasteiger partial charge on any atom is -0.480 e. The fraction of sp³-hybridized carbons (Fsp3) is 0.667. The second-order valence-corrected chi connectivity index (χ2v) is 2.77. The number of aliphatic carboxylic acids is 1.